The van der Waals surface area contributed by atoms with Crippen LogP contribution in [0.3, 0.4) is 0 Å². The Morgan fingerprint density at radius 3 is 2.92 bits per heavy atom. The number of nitrogens with one attached hydrogen (secondary N) is 2. The number of thiocarbonyl (C=S) groups is 1. The lowest BCUT2D eigenvalue weighted by molar-refractivity contribution is -0.130. The summed E-state index contributed by atoms with van der Waals surface area (Å²) in [5.41, 5.74) is 0. The molecule has 0 aromatic rings. The van der Waals surface area contributed by atoms with Crippen LogP contribution in [0.1, 0.15) is 19.8 Å². The summed E-state index contributed by atoms with van der Waals surface area (Å²) in [5, 5.41) is 5.51. The Hall–Kier alpha value is -0.680. The van der Waals surface area contributed by atoms with Gasteiger partial charge in [0.2, 0.25) is 6.23 Å². The molecule has 12 heavy (non-hydrogen) atoms. The first-order chi connectivity index (χ1) is 5.74. The maximum absolute atomic E-state index is 11.0. The monoisotopic (exact) mass is 188 g/mol. The van der Waals surface area contributed by atoms with E-state index in [0.717, 1.165) is 12.8 Å². The summed E-state index contributed by atoms with van der Waals surface area (Å²) in [7, 11) is 0. The summed E-state index contributed by atoms with van der Waals surface area (Å²) >= 11 is 4.73. The lowest BCUT2D eigenvalue weighted by Crippen LogP contribution is -2.32. The van der Waals surface area contributed by atoms with Crippen LogP contribution in [-0.2, 0) is 9.53 Å². The van der Waals surface area contributed by atoms with Gasteiger partial charge < -0.3 is 10.1 Å². The van der Waals surface area contributed by atoms with Gasteiger partial charge in [-0.3, -0.25) is 10.1 Å². The van der Waals surface area contributed by atoms with Crippen molar-refractivity contribution in [2.75, 3.05) is 6.61 Å². The Labute approximate surface area is 76.7 Å². The van der Waals surface area contributed by atoms with Crippen molar-refractivity contribution in [2.24, 2.45) is 0 Å². The molecule has 1 unspecified atom stereocenters. The number of hydrogen-bond acceptors (Lipinski definition) is 3. The second-order valence-electron chi connectivity index (χ2n) is 2.57. The first-order valence-corrected chi connectivity index (χ1v) is 4.38. The smallest absolute Gasteiger partial charge is 0.276 e. The molecule has 2 N–H and O–H groups in total. The highest BCUT2D eigenvalue weighted by molar-refractivity contribution is 7.80. The van der Waals surface area contributed by atoms with Gasteiger partial charge in [-0.15, -0.1) is 0 Å². The van der Waals surface area contributed by atoms with Crippen molar-refractivity contribution in [3.63, 3.8) is 0 Å². The molecular weight excluding hydrogens is 176 g/mol. The minimum absolute atomic E-state index is 0.198. The van der Waals surface area contributed by atoms with Crippen molar-refractivity contribution >= 4 is 23.2 Å². The summed E-state index contributed by atoms with van der Waals surface area (Å²) in [6.07, 6.45) is 1.43. The number of unbranched alkanes of at least 4 members (excludes halogenated alkanes) is 1. The van der Waals surface area contributed by atoms with E-state index in [1.807, 2.05) is 0 Å². The third-order valence-electron chi connectivity index (χ3n) is 1.52. The molecule has 1 aliphatic rings. The van der Waals surface area contributed by atoms with Crippen molar-refractivity contribution in [1.29, 1.82) is 0 Å². The van der Waals surface area contributed by atoms with Gasteiger partial charge in [0.25, 0.3) is 5.91 Å². The van der Waals surface area contributed by atoms with E-state index in [0.29, 0.717) is 11.7 Å². The normalized spacial score (nSPS) is 22.2. The van der Waals surface area contributed by atoms with E-state index in [1.165, 1.54) is 0 Å². The van der Waals surface area contributed by atoms with Crippen molar-refractivity contribution < 1.29 is 9.53 Å². The molecule has 0 radical (unpaired) electrons. The van der Waals surface area contributed by atoms with E-state index < -0.39 is 6.23 Å². The molecule has 0 saturated carbocycles. The molecule has 1 aliphatic heterocycles. The van der Waals surface area contributed by atoms with Crippen LogP contribution in [0.15, 0.2) is 0 Å². The third kappa shape index (κ3) is 2.42. The lowest BCUT2D eigenvalue weighted by Gasteiger charge is -2.07. The highest BCUT2D eigenvalue weighted by atomic mass is 32.1. The van der Waals surface area contributed by atoms with Gasteiger partial charge in [0, 0.05) is 6.61 Å². The van der Waals surface area contributed by atoms with Gasteiger partial charge in [-0.25, -0.2) is 0 Å². The van der Waals surface area contributed by atoms with Gasteiger partial charge in [-0.2, -0.15) is 0 Å². The Kier molecular flexibility index (Phi) is 3.43. The van der Waals surface area contributed by atoms with E-state index in [9.17, 15) is 4.79 Å². The average molecular weight is 188 g/mol. The van der Waals surface area contributed by atoms with Crippen LogP contribution < -0.4 is 10.6 Å². The largest absolute Gasteiger partial charge is 0.350 e. The third-order valence-corrected chi connectivity index (χ3v) is 1.74. The Morgan fingerprint density at radius 1 is 1.67 bits per heavy atom. The number of amides is 1. The highest BCUT2D eigenvalue weighted by Crippen LogP contribution is 1.97. The zero-order chi connectivity index (χ0) is 8.97. The van der Waals surface area contributed by atoms with E-state index in [1.54, 1.807) is 0 Å². The molecule has 1 rings (SSSR count). The number of rotatable bonds is 4. The maximum atomic E-state index is 11.0. The van der Waals surface area contributed by atoms with Crippen molar-refractivity contribution in [3.8, 4) is 0 Å². The zero-order valence-corrected chi connectivity index (χ0v) is 7.74. The molecule has 0 aromatic carbocycles. The summed E-state index contributed by atoms with van der Waals surface area (Å²) < 4.78 is 5.22. The summed E-state index contributed by atoms with van der Waals surface area (Å²) in [6, 6.07) is 0. The molecule has 68 valence electrons. The number of carbonyl (C=O) groups is 1. The molecule has 0 bridgehead atoms. The Bertz CT molecular complexity index is 196. The molecule has 1 fully saturated rings. The number of ether oxygens (including phenoxy) is 1. The fraction of sp³-hybridized carbons (Fsp3) is 0.714. The predicted octanol–water partition coefficient (Wildman–Crippen LogP) is 0.134. The summed E-state index contributed by atoms with van der Waals surface area (Å²) in [5.74, 6) is -0.198. The fourth-order valence-corrected chi connectivity index (χ4v) is 1.07. The molecule has 1 heterocycles. The maximum Gasteiger partial charge on any atom is 0.276 e. The quantitative estimate of drug-likeness (QED) is 0.486. The van der Waals surface area contributed by atoms with E-state index in [2.05, 4.69) is 17.6 Å². The standard InChI is InChI=1S/C7H12N2O2S/c1-2-3-4-11-6-5(10)8-7(12)9-6/h6H,2-4H2,1H3,(H2,8,9,10,12). The van der Waals surface area contributed by atoms with Crippen molar-refractivity contribution in [2.45, 2.75) is 26.0 Å². The minimum Gasteiger partial charge on any atom is -0.350 e. The zero-order valence-electron chi connectivity index (χ0n) is 6.92. The highest BCUT2D eigenvalue weighted by Gasteiger charge is 2.27. The molecule has 0 aromatic heterocycles. The van der Waals surface area contributed by atoms with E-state index >= 15 is 0 Å². The van der Waals surface area contributed by atoms with E-state index in [4.69, 9.17) is 17.0 Å². The Balaban J connectivity index is 2.24. The van der Waals surface area contributed by atoms with E-state index in [-0.39, 0.29) is 5.91 Å². The van der Waals surface area contributed by atoms with Gasteiger partial charge in [-0.1, -0.05) is 13.3 Å². The van der Waals surface area contributed by atoms with Crippen LogP contribution in [0.2, 0.25) is 0 Å². The summed E-state index contributed by atoms with van der Waals surface area (Å²) in [6.45, 7) is 2.65. The second kappa shape index (κ2) is 4.37. The summed E-state index contributed by atoms with van der Waals surface area (Å²) in [4.78, 5) is 11.0. The van der Waals surface area contributed by atoms with Gasteiger partial charge in [0.05, 0.1) is 0 Å². The lowest BCUT2D eigenvalue weighted by atomic mass is 10.4. The second-order valence-corrected chi connectivity index (χ2v) is 2.98. The van der Waals surface area contributed by atoms with Crippen LogP contribution in [-0.4, -0.2) is 23.9 Å². The molecule has 5 heteroatoms. The van der Waals surface area contributed by atoms with Crippen LogP contribution >= 0.6 is 12.2 Å². The van der Waals surface area contributed by atoms with Crippen LogP contribution in [0.5, 0.6) is 0 Å². The SMILES string of the molecule is CCCCOC1NC(=S)NC1=O. The topological polar surface area (TPSA) is 50.4 Å². The van der Waals surface area contributed by atoms with Gasteiger partial charge in [0.1, 0.15) is 0 Å². The minimum atomic E-state index is -0.580. The number of carbonyl (C=O) groups excluding carboxylic acids is 1. The van der Waals surface area contributed by atoms with Crippen LogP contribution in [0.25, 0.3) is 0 Å². The molecule has 1 amide bonds. The molecule has 4 nitrogen and oxygen atoms in total. The number of hydrogen-bond donors (Lipinski definition) is 2. The van der Waals surface area contributed by atoms with Gasteiger partial charge >= 0.3 is 0 Å². The van der Waals surface area contributed by atoms with Crippen molar-refractivity contribution in [3.05, 3.63) is 0 Å². The molecule has 0 spiro atoms. The average Bonchev–Trinajstić information content (AvgIpc) is 2.31. The van der Waals surface area contributed by atoms with Crippen LogP contribution in [0, 0.1) is 0 Å². The van der Waals surface area contributed by atoms with Gasteiger partial charge in [0.15, 0.2) is 5.11 Å². The van der Waals surface area contributed by atoms with Crippen molar-refractivity contribution in [1.82, 2.24) is 10.6 Å². The Morgan fingerprint density at radius 2 is 2.42 bits per heavy atom. The first kappa shape index (κ1) is 9.41. The first-order valence-electron chi connectivity index (χ1n) is 3.97. The van der Waals surface area contributed by atoms with Crippen LogP contribution in [0.4, 0.5) is 0 Å². The fourth-order valence-electron chi connectivity index (χ4n) is 0.861. The molecule has 0 aliphatic carbocycles. The molecule has 1 atom stereocenters. The predicted molar refractivity (Wildman–Crippen MR) is 48.5 cm³/mol. The molecule has 1 saturated heterocycles. The van der Waals surface area contributed by atoms with Gasteiger partial charge in [-0.05, 0) is 18.6 Å². The molecular formula is C7H12N2O2S.